The number of fused-ring (bicyclic) bond motifs is 1. The van der Waals surface area contributed by atoms with Crippen LogP contribution in [0.25, 0.3) is 5.65 Å². The maximum Gasteiger partial charge on any atom is 0.200 e. The number of rotatable bonds is 4. The Labute approximate surface area is 147 Å². The van der Waals surface area contributed by atoms with Crippen LogP contribution in [0.4, 0.5) is 5.82 Å². The monoisotopic (exact) mass is 337 g/mol. The van der Waals surface area contributed by atoms with Crippen LogP contribution in [0.5, 0.6) is 0 Å². The topological polar surface area (TPSA) is 62.5 Å². The van der Waals surface area contributed by atoms with E-state index in [1.165, 1.54) is 10.2 Å². The maximum atomic E-state index is 4.52. The van der Waals surface area contributed by atoms with Gasteiger partial charge in [0.15, 0.2) is 11.5 Å². The second-order valence-corrected chi connectivity index (χ2v) is 6.88. The Bertz CT molecular complexity index is 832. The normalized spacial score (nSPS) is 21.5. The van der Waals surface area contributed by atoms with Crippen molar-refractivity contribution < 1.29 is 0 Å². The number of nitrogens with zero attached hydrogens (tertiary/aromatic N) is 7. The molecule has 1 aliphatic heterocycles. The largest absolute Gasteiger partial charge is 0.355 e. The summed E-state index contributed by atoms with van der Waals surface area (Å²) in [4.78, 5) is 4.81. The minimum Gasteiger partial charge on any atom is -0.355 e. The summed E-state index contributed by atoms with van der Waals surface area (Å²) in [6.45, 7) is 5.54. The summed E-state index contributed by atoms with van der Waals surface area (Å²) in [5.41, 5.74) is 2.05. The maximum absolute atomic E-state index is 4.52. The molecule has 2 aromatic heterocycles. The number of likely N-dealkylation sites (tertiary alicyclic amines) is 1. The molecule has 3 heterocycles. The number of hydrogen-bond donors (Lipinski definition) is 0. The molecular formula is C18H23N7. The minimum atomic E-state index is 0.466. The highest BCUT2D eigenvalue weighted by molar-refractivity contribution is 5.44. The summed E-state index contributed by atoms with van der Waals surface area (Å²) in [5.74, 6) is 1.47. The third kappa shape index (κ3) is 3.32. The summed E-state index contributed by atoms with van der Waals surface area (Å²) in [6, 6.07) is 15.1. The van der Waals surface area contributed by atoms with Gasteiger partial charge in [0.2, 0.25) is 0 Å². The SMILES string of the molecule is CC1CN(Cc2ccccc2)CCC1N(C)c1ccc2nnnn2n1. The zero-order valence-corrected chi connectivity index (χ0v) is 14.7. The van der Waals surface area contributed by atoms with E-state index in [0.29, 0.717) is 17.6 Å². The first-order chi connectivity index (χ1) is 12.2. The molecule has 1 saturated heterocycles. The molecule has 7 heteroatoms. The molecule has 7 nitrogen and oxygen atoms in total. The van der Waals surface area contributed by atoms with Crippen LogP contribution in [0.2, 0.25) is 0 Å². The summed E-state index contributed by atoms with van der Waals surface area (Å²) >= 11 is 0. The van der Waals surface area contributed by atoms with Crippen LogP contribution in [0.1, 0.15) is 18.9 Å². The van der Waals surface area contributed by atoms with Gasteiger partial charge in [0, 0.05) is 32.7 Å². The number of piperidine rings is 1. The van der Waals surface area contributed by atoms with Crippen LogP contribution in [-0.4, -0.2) is 56.3 Å². The van der Waals surface area contributed by atoms with E-state index < -0.39 is 0 Å². The molecule has 0 spiro atoms. The molecule has 3 aromatic rings. The Kier molecular flexibility index (Phi) is 4.31. The first kappa shape index (κ1) is 16.0. The van der Waals surface area contributed by atoms with E-state index in [1.807, 2.05) is 12.1 Å². The number of anilines is 1. The van der Waals surface area contributed by atoms with Gasteiger partial charge in [0.1, 0.15) is 0 Å². The molecule has 0 amide bonds. The molecule has 1 fully saturated rings. The zero-order chi connectivity index (χ0) is 17.2. The number of benzene rings is 1. The van der Waals surface area contributed by atoms with Crippen molar-refractivity contribution >= 4 is 11.5 Å². The van der Waals surface area contributed by atoms with Gasteiger partial charge in [-0.2, -0.15) is 0 Å². The van der Waals surface area contributed by atoms with Crippen molar-refractivity contribution in [1.82, 2.24) is 30.2 Å². The first-order valence-corrected chi connectivity index (χ1v) is 8.75. The molecule has 2 unspecified atom stereocenters. The number of hydrogen-bond acceptors (Lipinski definition) is 6. The molecule has 0 aliphatic carbocycles. The van der Waals surface area contributed by atoms with E-state index in [1.54, 1.807) is 0 Å². The van der Waals surface area contributed by atoms with Gasteiger partial charge >= 0.3 is 0 Å². The fraction of sp³-hybridized carbons (Fsp3) is 0.444. The average Bonchev–Trinajstić information content (AvgIpc) is 3.10. The minimum absolute atomic E-state index is 0.466. The lowest BCUT2D eigenvalue weighted by molar-refractivity contribution is 0.155. The first-order valence-electron chi connectivity index (χ1n) is 8.75. The Hall–Kier alpha value is -2.54. The standard InChI is InChI=1S/C18H23N7/c1-14-12-24(13-15-6-4-3-5-7-15)11-10-16(14)23(2)18-9-8-17-19-21-22-25(17)20-18/h3-9,14,16H,10-13H2,1-2H3. The Morgan fingerprint density at radius 1 is 1.16 bits per heavy atom. The summed E-state index contributed by atoms with van der Waals surface area (Å²) in [6.07, 6.45) is 1.12. The smallest absolute Gasteiger partial charge is 0.200 e. The van der Waals surface area contributed by atoms with Crippen LogP contribution in [0, 0.1) is 5.92 Å². The van der Waals surface area contributed by atoms with Gasteiger partial charge in [-0.3, -0.25) is 4.90 Å². The van der Waals surface area contributed by atoms with Crippen molar-refractivity contribution in [3.8, 4) is 0 Å². The van der Waals surface area contributed by atoms with Crippen molar-refractivity contribution in [3.05, 3.63) is 48.0 Å². The Morgan fingerprint density at radius 2 is 2.00 bits per heavy atom. The van der Waals surface area contributed by atoms with Gasteiger partial charge in [-0.15, -0.1) is 14.8 Å². The second kappa shape index (κ2) is 6.76. The Morgan fingerprint density at radius 3 is 2.80 bits per heavy atom. The van der Waals surface area contributed by atoms with Crippen molar-refractivity contribution in [3.63, 3.8) is 0 Å². The molecule has 130 valence electrons. The van der Waals surface area contributed by atoms with Crippen LogP contribution in [0.15, 0.2) is 42.5 Å². The lowest BCUT2D eigenvalue weighted by Crippen LogP contribution is -2.49. The van der Waals surface area contributed by atoms with Crippen molar-refractivity contribution in [2.45, 2.75) is 25.9 Å². The van der Waals surface area contributed by atoms with E-state index in [4.69, 9.17) is 0 Å². The van der Waals surface area contributed by atoms with E-state index in [-0.39, 0.29) is 0 Å². The second-order valence-electron chi connectivity index (χ2n) is 6.88. The summed E-state index contributed by atoms with van der Waals surface area (Å²) in [7, 11) is 2.12. The van der Waals surface area contributed by atoms with Crippen LogP contribution in [0.3, 0.4) is 0 Å². The summed E-state index contributed by atoms with van der Waals surface area (Å²) < 4.78 is 1.49. The molecule has 4 rings (SSSR count). The van der Waals surface area contributed by atoms with Crippen LogP contribution < -0.4 is 4.90 Å². The predicted molar refractivity (Wildman–Crippen MR) is 96.3 cm³/mol. The van der Waals surface area contributed by atoms with Gasteiger partial charge in [-0.05, 0) is 40.5 Å². The lowest BCUT2D eigenvalue weighted by atomic mass is 9.92. The lowest BCUT2D eigenvalue weighted by Gasteiger charge is -2.41. The van der Waals surface area contributed by atoms with E-state index in [9.17, 15) is 0 Å². The van der Waals surface area contributed by atoms with Crippen molar-refractivity contribution in [2.75, 3.05) is 25.0 Å². The zero-order valence-electron chi connectivity index (χ0n) is 14.7. The molecule has 0 radical (unpaired) electrons. The van der Waals surface area contributed by atoms with Crippen molar-refractivity contribution in [2.24, 2.45) is 5.92 Å². The molecule has 2 atom stereocenters. The summed E-state index contributed by atoms with van der Waals surface area (Å²) in [5, 5.41) is 16.0. The number of tetrazole rings is 1. The molecule has 25 heavy (non-hydrogen) atoms. The van der Waals surface area contributed by atoms with Gasteiger partial charge in [-0.1, -0.05) is 37.3 Å². The fourth-order valence-corrected chi connectivity index (χ4v) is 3.78. The molecule has 0 saturated carbocycles. The molecule has 1 aromatic carbocycles. The molecule has 0 N–H and O–H groups in total. The molecule has 1 aliphatic rings. The van der Waals surface area contributed by atoms with Gasteiger partial charge < -0.3 is 4.90 Å². The van der Waals surface area contributed by atoms with E-state index >= 15 is 0 Å². The third-order valence-corrected chi connectivity index (χ3v) is 5.11. The Balaban J connectivity index is 1.43. The van der Waals surface area contributed by atoms with Crippen molar-refractivity contribution in [1.29, 1.82) is 0 Å². The molecular weight excluding hydrogens is 314 g/mol. The quantitative estimate of drug-likeness (QED) is 0.724. The fourth-order valence-electron chi connectivity index (χ4n) is 3.78. The number of aromatic nitrogens is 5. The average molecular weight is 337 g/mol. The molecule has 0 bridgehead atoms. The van der Waals surface area contributed by atoms with Crippen LogP contribution in [-0.2, 0) is 6.54 Å². The highest BCUT2D eigenvalue weighted by Gasteiger charge is 2.29. The highest BCUT2D eigenvalue weighted by atomic mass is 15.6. The highest BCUT2D eigenvalue weighted by Crippen LogP contribution is 2.25. The van der Waals surface area contributed by atoms with E-state index in [0.717, 1.165) is 31.9 Å². The third-order valence-electron chi connectivity index (χ3n) is 5.11. The van der Waals surface area contributed by atoms with Gasteiger partial charge in [0.25, 0.3) is 0 Å². The van der Waals surface area contributed by atoms with Gasteiger partial charge in [0.05, 0.1) is 0 Å². The van der Waals surface area contributed by atoms with Gasteiger partial charge in [-0.25, -0.2) is 0 Å². The predicted octanol–water partition coefficient (Wildman–Crippen LogP) is 1.87. The van der Waals surface area contributed by atoms with E-state index in [2.05, 4.69) is 74.7 Å². The van der Waals surface area contributed by atoms with Crippen LogP contribution >= 0.6 is 0 Å².